The highest BCUT2D eigenvalue weighted by Gasteiger charge is 2.51. The summed E-state index contributed by atoms with van der Waals surface area (Å²) in [7, 11) is 3.36. The molecule has 2 aliphatic carbocycles. The van der Waals surface area contributed by atoms with E-state index in [-0.39, 0.29) is 35.4 Å². The number of benzene rings is 1. The molecule has 172 valence electrons. The Hall–Kier alpha value is -2.27. The number of fused-ring (bicyclic) bond motifs is 3. The summed E-state index contributed by atoms with van der Waals surface area (Å²) in [6.45, 7) is 8.46. The van der Waals surface area contributed by atoms with Gasteiger partial charge in [-0.2, -0.15) is 0 Å². The SMILES string of the molecule is COc1cc2c(cc1OC)C(C)N(CC1C(=O)OC3CC4(C)CCC=C(C)C4=CC31)CC2. The number of hydrogen-bond acceptors (Lipinski definition) is 5. The summed E-state index contributed by atoms with van der Waals surface area (Å²) in [6, 6.07) is 4.42. The number of carbonyl (C=O) groups is 1. The van der Waals surface area contributed by atoms with E-state index in [0.29, 0.717) is 0 Å². The Bertz CT molecular complexity index is 996. The molecule has 1 aromatic rings. The van der Waals surface area contributed by atoms with E-state index in [0.717, 1.165) is 50.3 Å². The Morgan fingerprint density at radius 2 is 1.97 bits per heavy atom. The highest BCUT2D eigenvalue weighted by Crippen LogP contribution is 2.52. The van der Waals surface area contributed by atoms with Crippen LogP contribution in [0.2, 0.25) is 0 Å². The van der Waals surface area contributed by atoms with Crippen molar-refractivity contribution >= 4 is 5.97 Å². The fraction of sp³-hybridized carbons (Fsp3) is 0.593. The molecular weight excluding hydrogens is 402 g/mol. The van der Waals surface area contributed by atoms with Crippen molar-refractivity contribution < 1.29 is 19.0 Å². The molecule has 0 amide bonds. The third kappa shape index (κ3) is 3.37. The van der Waals surface area contributed by atoms with Gasteiger partial charge in [-0.3, -0.25) is 9.69 Å². The van der Waals surface area contributed by atoms with Gasteiger partial charge in [0.25, 0.3) is 0 Å². The second-order valence-corrected chi connectivity index (χ2v) is 10.3. The average Bonchev–Trinajstić information content (AvgIpc) is 3.06. The van der Waals surface area contributed by atoms with Crippen molar-refractivity contribution in [3.8, 4) is 11.5 Å². The van der Waals surface area contributed by atoms with Gasteiger partial charge in [-0.1, -0.05) is 24.6 Å². The zero-order valence-corrected chi connectivity index (χ0v) is 19.9. The number of rotatable bonds is 4. The molecule has 2 heterocycles. The van der Waals surface area contributed by atoms with Crippen molar-refractivity contribution in [2.75, 3.05) is 27.3 Å². The highest BCUT2D eigenvalue weighted by molar-refractivity contribution is 5.76. The third-order valence-corrected chi connectivity index (χ3v) is 8.44. The Morgan fingerprint density at radius 3 is 2.72 bits per heavy atom. The zero-order valence-electron chi connectivity index (χ0n) is 19.9. The van der Waals surface area contributed by atoms with E-state index in [1.54, 1.807) is 14.2 Å². The van der Waals surface area contributed by atoms with Crippen LogP contribution in [0.15, 0.2) is 35.4 Å². The molecule has 0 radical (unpaired) electrons. The molecule has 5 unspecified atom stereocenters. The summed E-state index contributed by atoms with van der Waals surface area (Å²) in [6.07, 6.45) is 8.92. The molecule has 5 nitrogen and oxygen atoms in total. The minimum absolute atomic E-state index is 0.0175. The lowest BCUT2D eigenvalue weighted by Crippen LogP contribution is -2.42. The van der Waals surface area contributed by atoms with Gasteiger partial charge < -0.3 is 14.2 Å². The summed E-state index contributed by atoms with van der Waals surface area (Å²) < 4.78 is 17.0. The number of carbonyl (C=O) groups excluding carboxylic acids is 1. The van der Waals surface area contributed by atoms with E-state index in [1.807, 2.05) is 0 Å². The van der Waals surface area contributed by atoms with Crippen molar-refractivity contribution in [2.24, 2.45) is 17.3 Å². The second kappa shape index (κ2) is 7.95. The fourth-order valence-electron chi connectivity index (χ4n) is 6.54. The van der Waals surface area contributed by atoms with Gasteiger partial charge in [0.05, 0.1) is 20.1 Å². The summed E-state index contributed by atoms with van der Waals surface area (Å²) in [5.74, 6) is 1.59. The van der Waals surface area contributed by atoms with Crippen LogP contribution in [0.3, 0.4) is 0 Å². The van der Waals surface area contributed by atoms with Gasteiger partial charge in [0.2, 0.25) is 0 Å². The van der Waals surface area contributed by atoms with Crippen LogP contribution in [0.4, 0.5) is 0 Å². The van der Waals surface area contributed by atoms with Crippen LogP contribution in [-0.2, 0) is 16.0 Å². The third-order valence-electron chi connectivity index (χ3n) is 8.44. The maximum absolute atomic E-state index is 13.0. The molecule has 0 bridgehead atoms. The van der Waals surface area contributed by atoms with Crippen molar-refractivity contribution in [1.82, 2.24) is 4.90 Å². The smallest absolute Gasteiger partial charge is 0.311 e. The first-order valence-electron chi connectivity index (χ1n) is 11.9. The molecular formula is C27H35NO4. The zero-order chi connectivity index (χ0) is 22.6. The Kier molecular flexibility index (Phi) is 5.36. The molecule has 2 aliphatic heterocycles. The first-order chi connectivity index (χ1) is 15.3. The summed E-state index contributed by atoms with van der Waals surface area (Å²) in [5.41, 5.74) is 5.54. The van der Waals surface area contributed by atoms with Crippen LogP contribution >= 0.6 is 0 Å². The van der Waals surface area contributed by atoms with E-state index < -0.39 is 0 Å². The standard InChI is InChI=1S/C27H35NO4/c1-16-7-6-9-27(3)14-25-20(12-22(16)27)21(26(29)32-25)15-28-10-8-18-11-23(30-4)24(31-5)13-19(18)17(28)2/h7,11-13,17,20-21,25H,6,8-10,14-15H2,1-5H3. The Morgan fingerprint density at radius 1 is 1.22 bits per heavy atom. The van der Waals surface area contributed by atoms with Gasteiger partial charge in [-0.25, -0.2) is 0 Å². The number of allylic oxidation sites excluding steroid dienone is 3. The molecule has 5 atom stereocenters. The lowest BCUT2D eigenvalue weighted by atomic mass is 9.62. The lowest BCUT2D eigenvalue weighted by molar-refractivity contribution is -0.145. The van der Waals surface area contributed by atoms with Crippen LogP contribution in [0.5, 0.6) is 11.5 Å². The Labute approximate surface area is 191 Å². The molecule has 5 rings (SSSR count). The molecule has 0 N–H and O–H groups in total. The molecule has 0 aromatic heterocycles. The molecule has 0 saturated carbocycles. The van der Waals surface area contributed by atoms with E-state index in [9.17, 15) is 4.79 Å². The number of ether oxygens (including phenoxy) is 3. The van der Waals surface area contributed by atoms with Crippen molar-refractivity contribution in [3.05, 3.63) is 46.6 Å². The monoisotopic (exact) mass is 437 g/mol. The van der Waals surface area contributed by atoms with Gasteiger partial charge in [-0.05, 0) is 73.8 Å². The van der Waals surface area contributed by atoms with E-state index in [1.165, 1.54) is 22.3 Å². The predicted molar refractivity (Wildman–Crippen MR) is 124 cm³/mol. The van der Waals surface area contributed by atoms with Crippen molar-refractivity contribution in [2.45, 2.75) is 58.6 Å². The van der Waals surface area contributed by atoms with E-state index in [4.69, 9.17) is 14.2 Å². The van der Waals surface area contributed by atoms with E-state index in [2.05, 4.69) is 50.0 Å². The minimum atomic E-state index is -0.101. The highest BCUT2D eigenvalue weighted by atomic mass is 16.6. The van der Waals surface area contributed by atoms with Crippen LogP contribution in [-0.4, -0.2) is 44.3 Å². The lowest BCUT2D eigenvalue weighted by Gasteiger charge is -2.43. The largest absolute Gasteiger partial charge is 0.493 e. The number of methoxy groups -OCH3 is 2. The maximum atomic E-state index is 13.0. The first kappa shape index (κ1) is 21.6. The molecule has 1 saturated heterocycles. The van der Waals surface area contributed by atoms with Crippen molar-refractivity contribution in [3.63, 3.8) is 0 Å². The van der Waals surface area contributed by atoms with Crippen LogP contribution in [0, 0.1) is 17.3 Å². The topological polar surface area (TPSA) is 48.0 Å². The first-order valence-corrected chi connectivity index (χ1v) is 11.9. The van der Waals surface area contributed by atoms with Gasteiger partial charge in [0, 0.05) is 25.0 Å². The van der Waals surface area contributed by atoms with Crippen LogP contribution in [0.25, 0.3) is 0 Å². The van der Waals surface area contributed by atoms with Gasteiger partial charge in [0.15, 0.2) is 11.5 Å². The molecule has 1 aromatic carbocycles. The quantitative estimate of drug-likeness (QED) is 0.630. The number of hydrogen-bond donors (Lipinski definition) is 0. The molecule has 32 heavy (non-hydrogen) atoms. The summed E-state index contributed by atoms with van der Waals surface area (Å²) in [5, 5.41) is 0. The Balaban J connectivity index is 1.40. The average molecular weight is 438 g/mol. The normalized spacial score (nSPS) is 34.0. The molecule has 0 spiro atoms. The minimum Gasteiger partial charge on any atom is -0.493 e. The van der Waals surface area contributed by atoms with Crippen LogP contribution < -0.4 is 9.47 Å². The van der Waals surface area contributed by atoms with Gasteiger partial charge >= 0.3 is 5.97 Å². The maximum Gasteiger partial charge on any atom is 0.311 e. The summed E-state index contributed by atoms with van der Waals surface area (Å²) >= 11 is 0. The number of nitrogens with zero attached hydrogens (tertiary/aromatic N) is 1. The van der Waals surface area contributed by atoms with Gasteiger partial charge in [0.1, 0.15) is 6.10 Å². The second-order valence-electron chi connectivity index (χ2n) is 10.3. The predicted octanol–water partition coefficient (Wildman–Crippen LogP) is 4.86. The van der Waals surface area contributed by atoms with Gasteiger partial charge in [-0.15, -0.1) is 0 Å². The molecule has 1 fully saturated rings. The van der Waals surface area contributed by atoms with Crippen LogP contribution in [0.1, 0.15) is 57.2 Å². The number of esters is 1. The fourth-order valence-corrected chi connectivity index (χ4v) is 6.54. The summed E-state index contributed by atoms with van der Waals surface area (Å²) in [4.78, 5) is 15.5. The molecule has 5 heteroatoms. The molecule has 4 aliphatic rings. The van der Waals surface area contributed by atoms with E-state index >= 15 is 0 Å². The van der Waals surface area contributed by atoms with Crippen molar-refractivity contribution in [1.29, 1.82) is 0 Å².